The summed E-state index contributed by atoms with van der Waals surface area (Å²) in [6.07, 6.45) is 0. The summed E-state index contributed by atoms with van der Waals surface area (Å²) in [5, 5.41) is 4.74. The first-order chi connectivity index (χ1) is 14.8. The quantitative estimate of drug-likeness (QED) is 0.377. The van der Waals surface area contributed by atoms with Crippen LogP contribution >= 0.6 is 0 Å². The van der Waals surface area contributed by atoms with Crippen molar-refractivity contribution in [2.75, 3.05) is 14.2 Å². The molecule has 2 heterocycles. The van der Waals surface area contributed by atoms with Gasteiger partial charge < -0.3 is 19.0 Å². The number of rotatable bonds is 3. The zero-order valence-corrected chi connectivity index (χ0v) is 16.8. The molecule has 4 heteroatoms. The molecule has 0 radical (unpaired) electrons. The van der Waals surface area contributed by atoms with Gasteiger partial charge in [0.1, 0.15) is 11.5 Å². The average Bonchev–Trinajstić information content (AvgIpc) is 3.33. The van der Waals surface area contributed by atoms with E-state index in [9.17, 15) is 0 Å². The lowest BCUT2D eigenvalue weighted by atomic mass is 10.1. The zero-order chi connectivity index (χ0) is 20.2. The Hall–Kier alpha value is -3.92. The van der Waals surface area contributed by atoms with Gasteiger partial charge in [-0.05, 0) is 60.7 Å². The van der Waals surface area contributed by atoms with E-state index in [0.717, 1.165) is 50.0 Å². The molecule has 0 fully saturated rings. The van der Waals surface area contributed by atoms with E-state index >= 15 is 0 Å². The molecule has 0 spiro atoms. The zero-order valence-electron chi connectivity index (χ0n) is 16.8. The van der Waals surface area contributed by atoms with E-state index in [2.05, 4.69) is 76.3 Å². The van der Waals surface area contributed by atoms with Crippen molar-refractivity contribution in [2.45, 2.75) is 0 Å². The van der Waals surface area contributed by atoms with Crippen molar-refractivity contribution in [3.8, 4) is 17.2 Å². The average molecular weight is 392 g/mol. The first-order valence-corrected chi connectivity index (χ1v) is 9.94. The van der Waals surface area contributed by atoms with Crippen LogP contribution in [-0.4, -0.2) is 23.8 Å². The number of nitrogens with zero attached hydrogens (tertiary/aromatic N) is 1. The maximum atomic E-state index is 5.49. The fourth-order valence-electron chi connectivity index (χ4n) is 4.49. The molecule has 6 aromatic rings. The first kappa shape index (κ1) is 17.0. The Bertz CT molecular complexity index is 1510. The molecular weight excluding hydrogens is 372 g/mol. The van der Waals surface area contributed by atoms with Crippen molar-refractivity contribution in [1.82, 2.24) is 9.55 Å². The lowest BCUT2D eigenvalue weighted by Crippen LogP contribution is -1.94. The van der Waals surface area contributed by atoms with Crippen molar-refractivity contribution in [3.05, 3.63) is 78.9 Å². The van der Waals surface area contributed by atoms with E-state index in [4.69, 9.17) is 9.47 Å². The minimum Gasteiger partial charge on any atom is -0.497 e. The van der Waals surface area contributed by atoms with Gasteiger partial charge in [-0.15, -0.1) is 0 Å². The fourth-order valence-corrected chi connectivity index (χ4v) is 4.49. The molecule has 4 aromatic carbocycles. The summed E-state index contributed by atoms with van der Waals surface area (Å²) in [4.78, 5) is 3.51. The molecule has 0 unspecified atom stereocenters. The maximum absolute atomic E-state index is 5.49. The summed E-state index contributed by atoms with van der Waals surface area (Å²) < 4.78 is 13.3. The van der Waals surface area contributed by atoms with Crippen molar-refractivity contribution in [2.24, 2.45) is 0 Å². The molecule has 0 saturated heterocycles. The van der Waals surface area contributed by atoms with Gasteiger partial charge in [0, 0.05) is 38.3 Å². The number of hydrogen-bond acceptors (Lipinski definition) is 2. The standard InChI is InChI=1S/C26H20N2O2/c1-29-17-8-11-25-21(14-17)22-15-18(30-2)9-12-26(22)28(25)16-7-10-24-20(13-16)19-5-3-4-6-23(19)27-24/h3-15,27H,1-2H3. The van der Waals surface area contributed by atoms with Crippen molar-refractivity contribution < 1.29 is 9.47 Å². The predicted octanol–water partition coefficient (Wildman–Crippen LogP) is 6.44. The minimum atomic E-state index is 0.844. The van der Waals surface area contributed by atoms with Crippen LogP contribution in [0.15, 0.2) is 78.9 Å². The molecule has 6 rings (SSSR count). The molecule has 2 aromatic heterocycles. The number of para-hydroxylation sites is 1. The van der Waals surface area contributed by atoms with E-state index in [1.165, 1.54) is 10.8 Å². The second kappa shape index (κ2) is 6.29. The van der Waals surface area contributed by atoms with E-state index in [-0.39, 0.29) is 0 Å². The highest BCUT2D eigenvalue weighted by molar-refractivity contribution is 6.11. The Balaban J connectivity index is 1.71. The van der Waals surface area contributed by atoms with Gasteiger partial charge >= 0.3 is 0 Å². The number of benzene rings is 4. The number of hydrogen-bond donors (Lipinski definition) is 1. The number of H-pyrrole nitrogens is 1. The molecule has 4 nitrogen and oxygen atoms in total. The van der Waals surface area contributed by atoms with Crippen LogP contribution in [0.2, 0.25) is 0 Å². The third-order valence-electron chi connectivity index (χ3n) is 5.93. The molecule has 0 saturated carbocycles. The van der Waals surface area contributed by atoms with Crippen molar-refractivity contribution in [3.63, 3.8) is 0 Å². The van der Waals surface area contributed by atoms with Gasteiger partial charge in [0.05, 0.1) is 25.3 Å². The molecule has 0 atom stereocenters. The summed E-state index contributed by atoms with van der Waals surface area (Å²) >= 11 is 0. The third-order valence-corrected chi connectivity index (χ3v) is 5.93. The SMILES string of the molecule is COc1ccc2c(c1)c1cc(OC)ccc1n2-c1ccc2[nH]c3ccccc3c2c1. The van der Waals surface area contributed by atoms with Crippen LogP contribution in [-0.2, 0) is 0 Å². The number of aromatic amines is 1. The largest absolute Gasteiger partial charge is 0.497 e. The summed E-state index contributed by atoms with van der Waals surface area (Å²) in [7, 11) is 3.40. The number of nitrogens with one attached hydrogen (secondary N) is 1. The molecule has 0 aliphatic carbocycles. The third kappa shape index (κ3) is 2.34. The molecule has 1 N–H and O–H groups in total. The molecule has 0 amide bonds. The van der Waals surface area contributed by atoms with E-state index in [1.54, 1.807) is 14.2 Å². The van der Waals surface area contributed by atoms with Gasteiger partial charge in [-0.3, -0.25) is 0 Å². The van der Waals surface area contributed by atoms with Crippen LogP contribution in [0.25, 0.3) is 49.3 Å². The second-order valence-corrected chi connectivity index (χ2v) is 7.50. The number of ether oxygens (including phenoxy) is 2. The highest BCUT2D eigenvalue weighted by Gasteiger charge is 2.15. The fraction of sp³-hybridized carbons (Fsp3) is 0.0769. The van der Waals surface area contributed by atoms with Gasteiger partial charge in [0.2, 0.25) is 0 Å². The lowest BCUT2D eigenvalue weighted by Gasteiger charge is -2.09. The van der Waals surface area contributed by atoms with Gasteiger partial charge in [0.25, 0.3) is 0 Å². The highest BCUT2D eigenvalue weighted by Crippen LogP contribution is 2.37. The molecule has 0 aliphatic heterocycles. The number of methoxy groups -OCH3 is 2. The molecule has 146 valence electrons. The smallest absolute Gasteiger partial charge is 0.119 e. The normalized spacial score (nSPS) is 11.7. The maximum Gasteiger partial charge on any atom is 0.119 e. The Labute approximate surface area is 173 Å². The minimum absolute atomic E-state index is 0.844. The highest BCUT2D eigenvalue weighted by atomic mass is 16.5. The Morgan fingerprint density at radius 1 is 0.600 bits per heavy atom. The Morgan fingerprint density at radius 3 is 1.90 bits per heavy atom. The van der Waals surface area contributed by atoms with Gasteiger partial charge in [0.15, 0.2) is 0 Å². The van der Waals surface area contributed by atoms with E-state index in [1.807, 2.05) is 12.1 Å². The second-order valence-electron chi connectivity index (χ2n) is 7.50. The van der Waals surface area contributed by atoms with Crippen LogP contribution in [0.4, 0.5) is 0 Å². The molecule has 0 bridgehead atoms. The molecule has 30 heavy (non-hydrogen) atoms. The van der Waals surface area contributed by atoms with Crippen molar-refractivity contribution >= 4 is 43.6 Å². The summed E-state index contributed by atoms with van der Waals surface area (Å²) in [5.74, 6) is 1.69. The lowest BCUT2D eigenvalue weighted by molar-refractivity contribution is 0.415. The van der Waals surface area contributed by atoms with E-state index in [0.29, 0.717) is 0 Å². The Morgan fingerprint density at radius 2 is 1.23 bits per heavy atom. The topological polar surface area (TPSA) is 39.2 Å². The van der Waals surface area contributed by atoms with Crippen LogP contribution in [0.5, 0.6) is 11.5 Å². The summed E-state index contributed by atoms with van der Waals surface area (Å²) in [6, 6.07) is 27.5. The van der Waals surface area contributed by atoms with Crippen LogP contribution < -0.4 is 9.47 Å². The Kier molecular flexibility index (Phi) is 3.56. The summed E-state index contributed by atoms with van der Waals surface area (Å²) in [5.41, 5.74) is 5.70. The van der Waals surface area contributed by atoms with Gasteiger partial charge in [-0.25, -0.2) is 0 Å². The van der Waals surface area contributed by atoms with E-state index < -0.39 is 0 Å². The molecule has 0 aliphatic rings. The van der Waals surface area contributed by atoms with Crippen LogP contribution in [0, 0.1) is 0 Å². The van der Waals surface area contributed by atoms with Crippen LogP contribution in [0.3, 0.4) is 0 Å². The number of aromatic nitrogens is 2. The summed E-state index contributed by atoms with van der Waals surface area (Å²) in [6.45, 7) is 0. The first-order valence-electron chi connectivity index (χ1n) is 9.94. The van der Waals surface area contributed by atoms with Crippen LogP contribution in [0.1, 0.15) is 0 Å². The predicted molar refractivity (Wildman–Crippen MR) is 123 cm³/mol. The number of fused-ring (bicyclic) bond motifs is 6. The van der Waals surface area contributed by atoms with Gasteiger partial charge in [-0.2, -0.15) is 0 Å². The van der Waals surface area contributed by atoms with Crippen molar-refractivity contribution in [1.29, 1.82) is 0 Å². The molecular formula is C26H20N2O2. The van der Waals surface area contributed by atoms with Gasteiger partial charge in [-0.1, -0.05) is 18.2 Å². The monoisotopic (exact) mass is 392 g/mol.